The van der Waals surface area contributed by atoms with Gasteiger partial charge in [-0.1, -0.05) is 0 Å². The van der Waals surface area contributed by atoms with Crippen LogP contribution < -0.4 is 0 Å². The number of fused-ring (bicyclic) bond motifs is 1. The fourth-order valence-electron chi connectivity index (χ4n) is 2.26. The third kappa shape index (κ3) is 1.65. The summed E-state index contributed by atoms with van der Waals surface area (Å²) >= 11 is 0. The molecule has 0 aliphatic heterocycles. The van der Waals surface area contributed by atoms with Crippen LogP contribution in [0.1, 0.15) is 35.9 Å². The number of carboxylic acids is 1. The maximum Gasteiger partial charge on any atom is 0.352 e. The molecule has 1 heterocycles. The van der Waals surface area contributed by atoms with Gasteiger partial charge in [-0.2, -0.15) is 0 Å². The minimum absolute atomic E-state index is 0.0573. The van der Waals surface area contributed by atoms with Crippen molar-refractivity contribution in [1.82, 2.24) is 4.57 Å². The first-order valence-corrected chi connectivity index (χ1v) is 5.50. The van der Waals surface area contributed by atoms with Crippen LogP contribution in [0.25, 0.3) is 10.9 Å². The molecule has 2 N–H and O–H groups in total. The van der Waals surface area contributed by atoms with Gasteiger partial charge in [-0.15, -0.1) is 0 Å². The van der Waals surface area contributed by atoms with Crippen molar-refractivity contribution in [2.24, 2.45) is 0 Å². The molecule has 0 saturated heterocycles. The summed E-state index contributed by atoms with van der Waals surface area (Å²) in [5.41, 5.74) is 1.82. The fourth-order valence-corrected chi connectivity index (χ4v) is 2.26. The van der Waals surface area contributed by atoms with E-state index in [0.717, 1.165) is 10.9 Å². The van der Waals surface area contributed by atoms with Gasteiger partial charge in [0.1, 0.15) is 11.4 Å². The summed E-state index contributed by atoms with van der Waals surface area (Å²) in [6, 6.07) is 4.99. The lowest BCUT2D eigenvalue weighted by molar-refractivity contribution is 0.0683. The molecule has 4 heteroatoms. The Morgan fingerprint density at radius 1 is 1.35 bits per heavy atom. The summed E-state index contributed by atoms with van der Waals surface area (Å²) in [7, 11) is 0. The molecule has 90 valence electrons. The van der Waals surface area contributed by atoms with E-state index in [1.54, 1.807) is 29.7 Å². The van der Waals surface area contributed by atoms with Crippen molar-refractivity contribution in [3.05, 3.63) is 29.5 Å². The van der Waals surface area contributed by atoms with Gasteiger partial charge in [0, 0.05) is 16.9 Å². The highest BCUT2D eigenvalue weighted by molar-refractivity contribution is 5.98. The number of hydrogen-bond acceptors (Lipinski definition) is 2. The Labute approximate surface area is 99.1 Å². The van der Waals surface area contributed by atoms with Crippen LogP contribution >= 0.6 is 0 Å². The van der Waals surface area contributed by atoms with E-state index in [2.05, 4.69) is 0 Å². The summed E-state index contributed by atoms with van der Waals surface area (Å²) in [6.07, 6.45) is 0. The number of aromatic carboxylic acids is 1. The van der Waals surface area contributed by atoms with E-state index >= 15 is 0 Å². The molecule has 17 heavy (non-hydrogen) atoms. The van der Waals surface area contributed by atoms with Gasteiger partial charge in [-0.3, -0.25) is 0 Å². The van der Waals surface area contributed by atoms with Gasteiger partial charge in [0.05, 0.1) is 0 Å². The molecule has 0 bridgehead atoms. The number of rotatable bonds is 2. The summed E-state index contributed by atoms with van der Waals surface area (Å²) in [4.78, 5) is 11.3. The van der Waals surface area contributed by atoms with Crippen LogP contribution in [0.4, 0.5) is 0 Å². The number of phenolic OH excluding ortho intramolecular Hbond substituents is 1. The number of nitrogens with zero attached hydrogens (tertiary/aromatic N) is 1. The zero-order valence-corrected chi connectivity index (χ0v) is 10.1. The van der Waals surface area contributed by atoms with Crippen LogP contribution in [0.15, 0.2) is 18.2 Å². The highest BCUT2D eigenvalue weighted by Crippen LogP contribution is 2.31. The van der Waals surface area contributed by atoms with Gasteiger partial charge in [0.25, 0.3) is 0 Å². The van der Waals surface area contributed by atoms with E-state index in [1.165, 1.54) is 0 Å². The molecule has 0 spiro atoms. The van der Waals surface area contributed by atoms with Gasteiger partial charge in [-0.25, -0.2) is 4.79 Å². The molecule has 1 aromatic heterocycles. The molecule has 4 nitrogen and oxygen atoms in total. The van der Waals surface area contributed by atoms with E-state index in [0.29, 0.717) is 11.3 Å². The predicted molar refractivity (Wildman–Crippen MR) is 65.7 cm³/mol. The van der Waals surface area contributed by atoms with Crippen LogP contribution in [-0.2, 0) is 0 Å². The van der Waals surface area contributed by atoms with Crippen molar-refractivity contribution in [3.8, 4) is 5.75 Å². The third-order valence-corrected chi connectivity index (χ3v) is 2.96. The van der Waals surface area contributed by atoms with Crippen molar-refractivity contribution in [2.75, 3.05) is 0 Å². The van der Waals surface area contributed by atoms with Crippen LogP contribution in [-0.4, -0.2) is 20.7 Å². The Morgan fingerprint density at radius 3 is 2.53 bits per heavy atom. The van der Waals surface area contributed by atoms with Crippen LogP contribution in [0.2, 0.25) is 0 Å². The molecule has 0 aliphatic rings. The van der Waals surface area contributed by atoms with Crippen LogP contribution in [0.5, 0.6) is 5.75 Å². The molecule has 0 radical (unpaired) electrons. The molecular formula is C13H15NO3. The molecule has 0 fully saturated rings. The Hall–Kier alpha value is -1.97. The quantitative estimate of drug-likeness (QED) is 0.838. The molecule has 0 atom stereocenters. The zero-order valence-electron chi connectivity index (χ0n) is 10.1. The van der Waals surface area contributed by atoms with Crippen molar-refractivity contribution in [3.63, 3.8) is 0 Å². The highest BCUT2D eigenvalue weighted by atomic mass is 16.4. The largest absolute Gasteiger partial charge is 0.508 e. The molecule has 0 unspecified atom stereocenters. The monoisotopic (exact) mass is 233 g/mol. The van der Waals surface area contributed by atoms with E-state index < -0.39 is 5.97 Å². The molecule has 0 saturated carbocycles. The van der Waals surface area contributed by atoms with E-state index in [-0.39, 0.29) is 11.8 Å². The maximum absolute atomic E-state index is 11.3. The van der Waals surface area contributed by atoms with Crippen LogP contribution in [0.3, 0.4) is 0 Å². The van der Waals surface area contributed by atoms with Gasteiger partial charge >= 0.3 is 5.97 Å². The predicted octanol–water partition coefficient (Wildman–Crippen LogP) is 2.93. The first-order valence-electron chi connectivity index (χ1n) is 5.50. The first-order chi connectivity index (χ1) is 7.93. The van der Waals surface area contributed by atoms with Gasteiger partial charge in [-0.05, 0) is 44.5 Å². The summed E-state index contributed by atoms with van der Waals surface area (Å²) in [5, 5.41) is 19.5. The Bertz CT molecular complexity index is 596. The molecule has 1 aromatic carbocycles. The number of carboxylic acid groups (broad SMARTS) is 1. The average Bonchev–Trinajstić information content (AvgIpc) is 2.52. The van der Waals surface area contributed by atoms with Crippen molar-refractivity contribution in [1.29, 1.82) is 0 Å². The topological polar surface area (TPSA) is 62.5 Å². The fraction of sp³-hybridized carbons (Fsp3) is 0.308. The smallest absolute Gasteiger partial charge is 0.352 e. The Kier molecular flexibility index (Phi) is 2.58. The third-order valence-electron chi connectivity index (χ3n) is 2.96. The normalized spacial score (nSPS) is 11.3. The first kappa shape index (κ1) is 11.5. The summed E-state index contributed by atoms with van der Waals surface area (Å²) in [6.45, 7) is 5.65. The summed E-state index contributed by atoms with van der Waals surface area (Å²) < 4.78 is 1.78. The number of phenols is 1. The van der Waals surface area contributed by atoms with E-state index in [1.807, 2.05) is 13.8 Å². The SMILES string of the molecule is Cc1c(C(=O)O)n(C(C)C)c2ccc(O)cc12. The van der Waals surface area contributed by atoms with E-state index in [4.69, 9.17) is 0 Å². The number of aromatic nitrogens is 1. The zero-order chi connectivity index (χ0) is 12.7. The Balaban J connectivity index is 2.92. The lowest BCUT2D eigenvalue weighted by atomic mass is 10.1. The van der Waals surface area contributed by atoms with Gasteiger partial charge < -0.3 is 14.8 Å². The van der Waals surface area contributed by atoms with Crippen LogP contribution in [0, 0.1) is 6.92 Å². The van der Waals surface area contributed by atoms with Gasteiger partial charge in [0.2, 0.25) is 0 Å². The maximum atomic E-state index is 11.3. The van der Waals surface area contributed by atoms with E-state index in [9.17, 15) is 15.0 Å². The lowest BCUT2D eigenvalue weighted by Gasteiger charge is -2.12. The van der Waals surface area contributed by atoms with Crippen molar-refractivity contribution in [2.45, 2.75) is 26.8 Å². The molecule has 0 aliphatic carbocycles. The molecule has 0 amide bonds. The minimum atomic E-state index is -0.938. The second-order valence-electron chi connectivity index (χ2n) is 4.44. The second-order valence-corrected chi connectivity index (χ2v) is 4.44. The van der Waals surface area contributed by atoms with Crippen molar-refractivity contribution < 1.29 is 15.0 Å². The number of aromatic hydroxyl groups is 1. The lowest BCUT2D eigenvalue weighted by Crippen LogP contribution is -2.11. The standard InChI is InChI=1S/C13H15NO3/c1-7(2)14-11-5-4-9(15)6-10(11)8(3)12(14)13(16)17/h4-7,15H,1-3H3,(H,16,17). The minimum Gasteiger partial charge on any atom is -0.508 e. The highest BCUT2D eigenvalue weighted by Gasteiger charge is 2.21. The number of carbonyl (C=O) groups is 1. The molecule has 2 aromatic rings. The second kappa shape index (κ2) is 3.80. The van der Waals surface area contributed by atoms with Crippen molar-refractivity contribution >= 4 is 16.9 Å². The number of hydrogen-bond donors (Lipinski definition) is 2. The Morgan fingerprint density at radius 2 is 2.00 bits per heavy atom. The molecule has 2 rings (SSSR count). The molecular weight excluding hydrogens is 218 g/mol. The summed E-state index contributed by atoms with van der Waals surface area (Å²) in [5.74, 6) is -0.787. The number of aryl methyl sites for hydroxylation is 1. The average molecular weight is 233 g/mol. The number of benzene rings is 1. The van der Waals surface area contributed by atoms with Gasteiger partial charge in [0.15, 0.2) is 0 Å².